The first-order valence-electron chi connectivity index (χ1n) is 9.65. The Kier molecular flexibility index (Phi) is 5.50. The number of aryl methyl sites for hydroxylation is 1. The molecule has 3 aromatic heterocycles. The van der Waals surface area contributed by atoms with E-state index >= 15 is 0 Å². The molecule has 0 saturated heterocycles. The van der Waals surface area contributed by atoms with Crippen LogP contribution < -0.4 is 4.74 Å². The second-order valence-electron chi connectivity index (χ2n) is 7.01. The molecule has 0 saturated carbocycles. The summed E-state index contributed by atoms with van der Waals surface area (Å²) in [4.78, 5) is 24.7. The second-order valence-corrected chi connectivity index (χ2v) is 8.18. The molecule has 4 rings (SSSR count). The molecule has 0 aromatic carbocycles. The lowest BCUT2D eigenvalue weighted by Crippen LogP contribution is -2.26. The largest absolute Gasteiger partial charge is 0.471 e. The number of amides is 1. The van der Waals surface area contributed by atoms with Crippen molar-refractivity contribution in [1.82, 2.24) is 24.6 Å². The molecule has 3 aromatic rings. The van der Waals surface area contributed by atoms with Gasteiger partial charge in [0.25, 0.3) is 11.8 Å². The second kappa shape index (κ2) is 8.10. The number of carbonyl (C=O) groups is 1. The van der Waals surface area contributed by atoms with Crippen molar-refractivity contribution >= 4 is 17.2 Å². The van der Waals surface area contributed by atoms with Crippen LogP contribution in [-0.2, 0) is 19.6 Å². The molecule has 30 heavy (non-hydrogen) atoms. The molecular formula is C20H21F2N5O2S. The molecule has 4 heterocycles. The molecule has 0 unspecified atom stereocenters. The number of hydrogen-bond donors (Lipinski definition) is 0. The third-order valence-corrected chi connectivity index (χ3v) is 6.04. The fraction of sp³-hybridized carbons (Fsp3) is 0.400. The van der Waals surface area contributed by atoms with Gasteiger partial charge in [-0.25, -0.2) is 18.7 Å². The van der Waals surface area contributed by atoms with Crippen molar-refractivity contribution in [3.8, 4) is 16.3 Å². The molecule has 0 bridgehead atoms. The lowest BCUT2D eigenvalue weighted by atomic mass is 10.2. The quantitative estimate of drug-likeness (QED) is 0.537. The predicted molar refractivity (Wildman–Crippen MR) is 108 cm³/mol. The normalized spacial score (nSPS) is 13.7. The highest BCUT2D eigenvalue weighted by atomic mass is 32.1. The fourth-order valence-electron chi connectivity index (χ4n) is 3.13. The van der Waals surface area contributed by atoms with E-state index in [-0.39, 0.29) is 30.3 Å². The number of nitrogens with zero attached hydrogens (tertiary/aromatic N) is 5. The van der Waals surface area contributed by atoms with E-state index in [1.54, 1.807) is 16.2 Å². The van der Waals surface area contributed by atoms with Gasteiger partial charge in [-0.3, -0.25) is 9.48 Å². The first kappa shape index (κ1) is 20.4. The average Bonchev–Trinajstić information content (AvgIpc) is 3.46. The molecular weight excluding hydrogens is 412 g/mol. The zero-order valence-electron chi connectivity index (χ0n) is 16.6. The number of aromatic nitrogens is 4. The topological polar surface area (TPSA) is 73.1 Å². The third-order valence-electron chi connectivity index (χ3n) is 4.92. The predicted octanol–water partition coefficient (Wildman–Crippen LogP) is 4.00. The van der Waals surface area contributed by atoms with E-state index < -0.39 is 12.5 Å². The van der Waals surface area contributed by atoms with Crippen molar-refractivity contribution in [2.24, 2.45) is 0 Å². The first-order valence-corrected chi connectivity index (χ1v) is 10.5. The summed E-state index contributed by atoms with van der Waals surface area (Å²) < 4.78 is 34.2. The van der Waals surface area contributed by atoms with Gasteiger partial charge in [0.05, 0.1) is 25.0 Å². The van der Waals surface area contributed by atoms with Gasteiger partial charge in [0.2, 0.25) is 5.88 Å². The zero-order chi connectivity index (χ0) is 21.3. The van der Waals surface area contributed by atoms with Crippen LogP contribution in [0.4, 0.5) is 8.78 Å². The molecule has 1 aliphatic rings. The van der Waals surface area contributed by atoms with Crippen molar-refractivity contribution in [2.75, 3.05) is 6.61 Å². The van der Waals surface area contributed by atoms with E-state index in [0.29, 0.717) is 12.2 Å². The maximum Gasteiger partial charge on any atom is 0.281 e. The number of fused-ring (bicyclic) bond motifs is 1. The summed E-state index contributed by atoms with van der Waals surface area (Å²) >= 11 is 1.58. The Morgan fingerprint density at radius 2 is 2.10 bits per heavy atom. The van der Waals surface area contributed by atoms with Gasteiger partial charge in [0, 0.05) is 34.5 Å². The van der Waals surface area contributed by atoms with Crippen molar-refractivity contribution < 1.29 is 18.3 Å². The smallest absolute Gasteiger partial charge is 0.281 e. The Morgan fingerprint density at radius 3 is 2.83 bits per heavy atom. The van der Waals surface area contributed by atoms with E-state index in [2.05, 4.69) is 15.1 Å². The van der Waals surface area contributed by atoms with Gasteiger partial charge in [0.15, 0.2) is 6.61 Å². The number of hydrogen-bond acceptors (Lipinski definition) is 6. The number of thiophene rings is 1. The Hall–Kier alpha value is -2.88. The lowest BCUT2D eigenvalue weighted by Gasteiger charge is -2.16. The maximum atomic E-state index is 13.5. The minimum absolute atomic E-state index is 0.0838. The first-order chi connectivity index (χ1) is 14.4. The molecule has 1 aliphatic heterocycles. The summed E-state index contributed by atoms with van der Waals surface area (Å²) in [6.07, 6.45) is 4.70. The van der Waals surface area contributed by atoms with Crippen LogP contribution in [0.5, 0.6) is 5.88 Å². The molecule has 0 atom stereocenters. The van der Waals surface area contributed by atoms with Crippen molar-refractivity contribution in [3.63, 3.8) is 0 Å². The Bertz CT molecular complexity index is 1070. The van der Waals surface area contributed by atoms with Crippen LogP contribution in [0.2, 0.25) is 0 Å². The Morgan fingerprint density at radius 1 is 1.27 bits per heavy atom. The van der Waals surface area contributed by atoms with Gasteiger partial charge in [-0.1, -0.05) is 6.92 Å². The highest BCUT2D eigenvalue weighted by Gasteiger charge is 2.35. The minimum Gasteiger partial charge on any atom is -0.471 e. The number of alkyl halides is 2. The van der Waals surface area contributed by atoms with Crippen LogP contribution in [0.1, 0.15) is 41.2 Å². The molecule has 7 nitrogen and oxygen atoms in total. The molecule has 0 aliphatic carbocycles. The molecule has 0 radical (unpaired) electrons. The summed E-state index contributed by atoms with van der Waals surface area (Å²) in [5.74, 6) is -3.37. The Labute approximate surface area is 176 Å². The standard InChI is InChI=1S/C20H21F2N5O2S/c1-3-20(21,22)11-29-18-17-15(23-12-24-18)10-26(19(17)28)9-14-5-6-16(30-14)13-7-25-27(4-2)8-13/h5-8,12H,3-4,9-11H2,1-2H3. The van der Waals surface area contributed by atoms with Crippen molar-refractivity contribution in [2.45, 2.75) is 45.8 Å². The number of ether oxygens (including phenoxy) is 1. The molecule has 0 fully saturated rings. The Balaban J connectivity index is 1.48. The third kappa shape index (κ3) is 4.04. The summed E-state index contributed by atoms with van der Waals surface area (Å²) in [7, 11) is 0. The lowest BCUT2D eigenvalue weighted by molar-refractivity contribution is -0.0449. The maximum absolute atomic E-state index is 13.5. The average molecular weight is 433 g/mol. The van der Waals surface area contributed by atoms with Gasteiger partial charge in [0.1, 0.15) is 11.9 Å². The SMILES string of the molecule is CCn1cc(-c2ccc(CN3Cc4ncnc(OCC(F)(F)CC)c4C3=O)s2)cn1. The van der Waals surface area contributed by atoms with Gasteiger partial charge < -0.3 is 9.64 Å². The molecule has 1 amide bonds. The van der Waals surface area contributed by atoms with Crippen molar-refractivity contribution in [3.05, 3.63) is 47.0 Å². The number of rotatable bonds is 8. The van der Waals surface area contributed by atoms with E-state index in [4.69, 9.17) is 4.74 Å². The van der Waals surface area contributed by atoms with Crippen LogP contribution >= 0.6 is 11.3 Å². The van der Waals surface area contributed by atoms with Crippen LogP contribution in [0.25, 0.3) is 10.4 Å². The summed E-state index contributed by atoms with van der Waals surface area (Å²) in [5.41, 5.74) is 1.69. The van der Waals surface area contributed by atoms with Gasteiger partial charge in [-0.2, -0.15) is 5.10 Å². The van der Waals surface area contributed by atoms with Crippen molar-refractivity contribution in [1.29, 1.82) is 0 Å². The highest BCUT2D eigenvalue weighted by molar-refractivity contribution is 7.15. The zero-order valence-corrected chi connectivity index (χ0v) is 17.5. The number of halogens is 2. The molecule has 10 heteroatoms. The van der Waals surface area contributed by atoms with Crippen LogP contribution in [0.15, 0.2) is 30.9 Å². The van der Waals surface area contributed by atoms with Gasteiger partial charge >= 0.3 is 0 Å². The van der Waals surface area contributed by atoms with Crippen LogP contribution in [0, 0.1) is 0 Å². The fourth-order valence-corrected chi connectivity index (χ4v) is 4.13. The van der Waals surface area contributed by atoms with Gasteiger partial charge in [-0.05, 0) is 19.1 Å². The molecule has 0 N–H and O–H groups in total. The summed E-state index contributed by atoms with van der Waals surface area (Å²) in [6, 6.07) is 3.98. The van der Waals surface area contributed by atoms with E-state index in [1.807, 2.05) is 36.1 Å². The van der Waals surface area contributed by atoms with Crippen LogP contribution in [0.3, 0.4) is 0 Å². The van der Waals surface area contributed by atoms with E-state index in [9.17, 15) is 13.6 Å². The molecule has 0 spiro atoms. The molecule has 158 valence electrons. The van der Waals surface area contributed by atoms with Crippen LogP contribution in [-0.4, -0.2) is 43.1 Å². The summed E-state index contributed by atoms with van der Waals surface area (Å²) in [5, 5.41) is 4.29. The number of carbonyl (C=O) groups excluding carboxylic acids is 1. The van der Waals surface area contributed by atoms with E-state index in [1.165, 1.54) is 13.3 Å². The highest BCUT2D eigenvalue weighted by Crippen LogP contribution is 2.33. The van der Waals surface area contributed by atoms with E-state index in [0.717, 1.165) is 21.9 Å². The monoisotopic (exact) mass is 433 g/mol. The minimum atomic E-state index is -2.97. The summed E-state index contributed by atoms with van der Waals surface area (Å²) in [6.45, 7) is 4.07. The van der Waals surface area contributed by atoms with Gasteiger partial charge in [-0.15, -0.1) is 11.3 Å².